The molecule has 2 atom stereocenters. The Kier molecular flexibility index (Phi) is 4.02. The topological polar surface area (TPSA) is 15.3 Å². The molecule has 2 bridgehead atoms. The third-order valence-electron chi connectivity index (χ3n) is 4.72. The minimum atomic E-state index is 0.761. The third kappa shape index (κ3) is 2.79. The number of hydrogen-bond acceptors (Lipinski definition) is 3. The number of hydrogen-bond donors (Lipinski definition) is 1. The molecule has 0 aromatic carbocycles. The molecule has 18 heavy (non-hydrogen) atoms. The molecule has 0 amide bonds. The van der Waals surface area contributed by atoms with Crippen LogP contribution in [-0.4, -0.2) is 36.6 Å². The van der Waals surface area contributed by atoms with Crippen LogP contribution in [0.1, 0.15) is 37.0 Å². The molecule has 0 aliphatic carbocycles. The van der Waals surface area contributed by atoms with Crippen LogP contribution in [0.4, 0.5) is 0 Å². The van der Waals surface area contributed by atoms with Gasteiger partial charge in [-0.05, 0) is 50.6 Å². The van der Waals surface area contributed by atoms with Crippen LogP contribution < -0.4 is 5.32 Å². The molecule has 2 saturated heterocycles. The van der Waals surface area contributed by atoms with Crippen LogP contribution in [-0.2, 0) is 6.42 Å². The second-order valence-electron chi connectivity index (χ2n) is 5.86. The highest BCUT2D eigenvalue weighted by atomic mass is 32.1. The van der Waals surface area contributed by atoms with Crippen molar-refractivity contribution >= 4 is 11.3 Å². The van der Waals surface area contributed by atoms with E-state index in [0.717, 1.165) is 24.7 Å². The largest absolute Gasteiger partial charge is 0.314 e. The highest BCUT2D eigenvalue weighted by Gasteiger charge is 2.35. The normalized spacial score (nSPS) is 32.6. The number of rotatable bonds is 4. The first-order valence-electron chi connectivity index (χ1n) is 7.30. The molecule has 1 aromatic heterocycles. The summed E-state index contributed by atoms with van der Waals surface area (Å²) in [6.45, 7) is 1.15. The minimum Gasteiger partial charge on any atom is -0.314 e. The Morgan fingerprint density at radius 2 is 2.11 bits per heavy atom. The van der Waals surface area contributed by atoms with E-state index in [0.29, 0.717) is 0 Å². The van der Waals surface area contributed by atoms with Crippen LogP contribution >= 0.6 is 11.3 Å². The fourth-order valence-electron chi connectivity index (χ4n) is 3.64. The zero-order chi connectivity index (χ0) is 12.4. The molecule has 2 unspecified atom stereocenters. The maximum absolute atomic E-state index is 3.79. The molecule has 3 heteroatoms. The van der Waals surface area contributed by atoms with Crippen molar-refractivity contribution < 1.29 is 0 Å². The Morgan fingerprint density at radius 3 is 2.78 bits per heavy atom. The van der Waals surface area contributed by atoms with Crippen molar-refractivity contribution in [3.05, 3.63) is 22.4 Å². The maximum atomic E-state index is 3.79. The van der Waals surface area contributed by atoms with Gasteiger partial charge in [0.2, 0.25) is 0 Å². The van der Waals surface area contributed by atoms with Gasteiger partial charge in [0.1, 0.15) is 0 Å². The van der Waals surface area contributed by atoms with E-state index < -0.39 is 0 Å². The first kappa shape index (κ1) is 12.6. The number of fused-ring (bicyclic) bond motifs is 2. The smallest absolute Gasteiger partial charge is 0.0110 e. The van der Waals surface area contributed by atoms with Crippen molar-refractivity contribution in [2.45, 2.75) is 56.7 Å². The SMILES string of the molecule is CN1C2CCCC1CC(NCCc1cccs1)C2. The van der Waals surface area contributed by atoms with Gasteiger partial charge in [0, 0.05) is 29.5 Å². The van der Waals surface area contributed by atoms with Crippen molar-refractivity contribution in [2.75, 3.05) is 13.6 Å². The summed E-state index contributed by atoms with van der Waals surface area (Å²) >= 11 is 1.88. The third-order valence-corrected chi connectivity index (χ3v) is 5.66. The number of piperidine rings is 2. The molecule has 0 saturated carbocycles. The van der Waals surface area contributed by atoms with Crippen molar-refractivity contribution in [1.82, 2.24) is 10.2 Å². The van der Waals surface area contributed by atoms with E-state index in [1.807, 2.05) is 11.3 Å². The molecule has 0 radical (unpaired) electrons. The Morgan fingerprint density at radius 1 is 1.33 bits per heavy atom. The van der Waals surface area contributed by atoms with Crippen molar-refractivity contribution in [1.29, 1.82) is 0 Å². The fourth-order valence-corrected chi connectivity index (χ4v) is 4.35. The van der Waals surface area contributed by atoms with E-state index in [9.17, 15) is 0 Å². The molecule has 1 aromatic rings. The second-order valence-corrected chi connectivity index (χ2v) is 6.89. The van der Waals surface area contributed by atoms with Crippen molar-refractivity contribution in [2.24, 2.45) is 0 Å². The summed E-state index contributed by atoms with van der Waals surface area (Å²) in [4.78, 5) is 4.15. The van der Waals surface area contributed by atoms with Gasteiger partial charge in [0.05, 0.1) is 0 Å². The summed E-state index contributed by atoms with van der Waals surface area (Å²) in [5, 5.41) is 5.96. The molecular weight excluding hydrogens is 240 g/mol. The highest BCUT2D eigenvalue weighted by molar-refractivity contribution is 7.09. The summed E-state index contributed by atoms with van der Waals surface area (Å²) in [5.74, 6) is 0. The Labute approximate surface area is 114 Å². The van der Waals surface area contributed by atoms with Gasteiger partial charge in [-0.25, -0.2) is 0 Å². The monoisotopic (exact) mass is 264 g/mol. The van der Waals surface area contributed by atoms with Gasteiger partial charge >= 0.3 is 0 Å². The lowest BCUT2D eigenvalue weighted by atomic mass is 9.82. The van der Waals surface area contributed by atoms with E-state index in [-0.39, 0.29) is 0 Å². The van der Waals surface area contributed by atoms with Gasteiger partial charge in [-0.2, -0.15) is 0 Å². The summed E-state index contributed by atoms with van der Waals surface area (Å²) in [7, 11) is 2.33. The molecule has 3 rings (SSSR count). The molecule has 3 heterocycles. The lowest BCUT2D eigenvalue weighted by molar-refractivity contribution is 0.0488. The molecule has 0 spiro atoms. The van der Waals surface area contributed by atoms with Crippen LogP contribution in [0.25, 0.3) is 0 Å². The number of thiophene rings is 1. The zero-order valence-corrected chi connectivity index (χ0v) is 12.1. The summed E-state index contributed by atoms with van der Waals surface area (Å²) in [5.41, 5.74) is 0. The quantitative estimate of drug-likeness (QED) is 0.899. The average Bonchev–Trinajstić information content (AvgIpc) is 2.83. The van der Waals surface area contributed by atoms with Crippen LogP contribution in [0.2, 0.25) is 0 Å². The van der Waals surface area contributed by atoms with Gasteiger partial charge in [0.25, 0.3) is 0 Å². The predicted octanol–water partition coefficient (Wildman–Crippen LogP) is 2.90. The molecular formula is C15H24N2S. The fraction of sp³-hybridized carbons (Fsp3) is 0.733. The predicted molar refractivity (Wildman–Crippen MR) is 78.2 cm³/mol. The van der Waals surface area contributed by atoms with Gasteiger partial charge in [0.15, 0.2) is 0 Å². The molecule has 2 aliphatic rings. The van der Waals surface area contributed by atoms with Gasteiger partial charge in [-0.3, -0.25) is 0 Å². The minimum absolute atomic E-state index is 0.761. The van der Waals surface area contributed by atoms with Crippen LogP contribution in [0.5, 0.6) is 0 Å². The first-order chi connectivity index (χ1) is 8.83. The summed E-state index contributed by atoms with van der Waals surface area (Å²) in [6.07, 6.45) is 8.18. The van der Waals surface area contributed by atoms with E-state index in [1.165, 1.54) is 43.4 Å². The average molecular weight is 264 g/mol. The Balaban J connectivity index is 1.46. The molecule has 2 fully saturated rings. The van der Waals surface area contributed by atoms with Crippen LogP contribution in [0.3, 0.4) is 0 Å². The van der Waals surface area contributed by atoms with Gasteiger partial charge in [-0.15, -0.1) is 11.3 Å². The Hall–Kier alpha value is -0.380. The Bertz CT molecular complexity index is 349. The summed E-state index contributed by atoms with van der Waals surface area (Å²) < 4.78 is 0. The second kappa shape index (κ2) is 5.72. The molecule has 2 aliphatic heterocycles. The van der Waals surface area contributed by atoms with E-state index in [2.05, 4.69) is 34.8 Å². The zero-order valence-electron chi connectivity index (χ0n) is 11.3. The van der Waals surface area contributed by atoms with Crippen molar-refractivity contribution in [3.63, 3.8) is 0 Å². The van der Waals surface area contributed by atoms with E-state index in [1.54, 1.807) is 0 Å². The summed E-state index contributed by atoms with van der Waals surface area (Å²) in [6, 6.07) is 6.85. The molecule has 100 valence electrons. The van der Waals surface area contributed by atoms with E-state index in [4.69, 9.17) is 0 Å². The lowest BCUT2D eigenvalue weighted by Crippen LogP contribution is -2.54. The first-order valence-corrected chi connectivity index (χ1v) is 8.18. The molecule has 1 N–H and O–H groups in total. The number of nitrogens with zero attached hydrogens (tertiary/aromatic N) is 1. The lowest BCUT2D eigenvalue weighted by Gasteiger charge is -2.47. The number of nitrogens with one attached hydrogen (secondary N) is 1. The van der Waals surface area contributed by atoms with Gasteiger partial charge < -0.3 is 10.2 Å². The highest BCUT2D eigenvalue weighted by Crippen LogP contribution is 2.32. The molecule has 2 nitrogen and oxygen atoms in total. The van der Waals surface area contributed by atoms with Crippen LogP contribution in [0.15, 0.2) is 17.5 Å². The van der Waals surface area contributed by atoms with E-state index >= 15 is 0 Å². The van der Waals surface area contributed by atoms with Crippen molar-refractivity contribution in [3.8, 4) is 0 Å². The standard InChI is InChI=1S/C15H24N2S/c1-17-13-4-2-5-14(17)11-12(10-13)16-8-7-15-6-3-9-18-15/h3,6,9,12-14,16H,2,4-5,7-8,10-11H2,1H3. The van der Waals surface area contributed by atoms with Gasteiger partial charge in [-0.1, -0.05) is 12.5 Å². The maximum Gasteiger partial charge on any atom is 0.0110 e. The van der Waals surface area contributed by atoms with Crippen LogP contribution in [0, 0.1) is 0 Å².